The van der Waals surface area contributed by atoms with Crippen LogP contribution in [0.3, 0.4) is 0 Å². The predicted octanol–water partition coefficient (Wildman–Crippen LogP) is 4.98. The smallest absolute Gasteiger partial charge is 0.339 e. The number of nitrogens with one attached hydrogen (secondary N) is 1. The lowest BCUT2D eigenvalue weighted by atomic mass is 10.0. The molecular formula is C24H21N3O4S. The van der Waals surface area contributed by atoms with Gasteiger partial charge in [0, 0.05) is 17.1 Å². The van der Waals surface area contributed by atoms with Crippen molar-refractivity contribution in [1.82, 2.24) is 4.98 Å². The van der Waals surface area contributed by atoms with Gasteiger partial charge in [-0.1, -0.05) is 23.8 Å². The SMILES string of the molecule is COC(=O)c1ccc(C(=O)OC)c(N/C=C(\C#N)c2nc(-c3ccc(C)cc3C)cs2)c1. The highest BCUT2D eigenvalue weighted by Crippen LogP contribution is 2.29. The Kier molecular flexibility index (Phi) is 7.03. The number of allylic oxidation sites excluding steroid dienone is 1. The number of rotatable bonds is 6. The molecule has 0 atom stereocenters. The quantitative estimate of drug-likeness (QED) is 0.420. The summed E-state index contributed by atoms with van der Waals surface area (Å²) in [7, 11) is 2.54. The molecule has 0 saturated carbocycles. The van der Waals surface area contributed by atoms with Crippen molar-refractivity contribution in [3.8, 4) is 17.3 Å². The van der Waals surface area contributed by atoms with Crippen molar-refractivity contribution in [3.63, 3.8) is 0 Å². The molecule has 0 aliphatic heterocycles. The Labute approximate surface area is 189 Å². The van der Waals surface area contributed by atoms with Crippen LogP contribution in [-0.4, -0.2) is 31.1 Å². The van der Waals surface area contributed by atoms with Gasteiger partial charge in [0.25, 0.3) is 0 Å². The van der Waals surface area contributed by atoms with Gasteiger partial charge in [-0.25, -0.2) is 14.6 Å². The minimum atomic E-state index is -0.581. The molecule has 0 aliphatic carbocycles. The molecule has 0 saturated heterocycles. The molecule has 162 valence electrons. The molecule has 0 spiro atoms. The van der Waals surface area contributed by atoms with E-state index in [0.717, 1.165) is 16.8 Å². The number of ether oxygens (including phenoxy) is 2. The van der Waals surface area contributed by atoms with Crippen molar-refractivity contribution in [2.75, 3.05) is 19.5 Å². The summed E-state index contributed by atoms with van der Waals surface area (Å²) in [4.78, 5) is 28.6. The lowest BCUT2D eigenvalue weighted by molar-refractivity contribution is 0.0587. The first kappa shape index (κ1) is 22.7. The van der Waals surface area contributed by atoms with Crippen LogP contribution in [0.25, 0.3) is 16.8 Å². The molecule has 1 aromatic heterocycles. The van der Waals surface area contributed by atoms with Crippen LogP contribution in [0.2, 0.25) is 0 Å². The maximum atomic E-state index is 12.1. The molecule has 3 aromatic rings. The van der Waals surface area contributed by atoms with Crippen LogP contribution < -0.4 is 5.32 Å². The zero-order valence-electron chi connectivity index (χ0n) is 18.1. The number of nitriles is 1. The van der Waals surface area contributed by atoms with E-state index in [-0.39, 0.29) is 16.7 Å². The second-order valence-electron chi connectivity index (χ2n) is 6.91. The van der Waals surface area contributed by atoms with E-state index >= 15 is 0 Å². The molecule has 1 N–H and O–H groups in total. The summed E-state index contributed by atoms with van der Waals surface area (Å²) in [6.07, 6.45) is 1.45. The number of carbonyl (C=O) groups is 2. The number of thiazole rings is 1. The van der Waals surface area contributed by atoms with Gasteiger partial charge in [0.05, 0.1) is 36.7 Å². The van der Waals surface area contributed by atoms with Crippen molar-refractivity contribution in [1.29, 1.82) is 5.26 Å². The van der Waals surface area contributed by atoms with Gasteiger partial charge in [-0.05, 0) is 37.6 Å². The third-order valence-corrected chi connectivity index (χ3v) is 5.61. The van der Waals surface area contributed by atoms with E-state index in [2.05, 4.69) is 22.4 Å². The van der Waals surface area contributed by atoms with Gasteiger partial charge < -0.3 is 14.8 Å². The number of aromatic nitrogens is 1. The highest BCUT2D eigenvalue weighted by Gasteiger charge is 2.16. The summed E-state index contributed by atoms with van der Waals surface area (Å²) in [6, 6.07) is 12.6. The van der Waals surface area contributed by atoms with Crippen molar-refractivity contribution < 1.29 is 19.1 Å². The van der Waals surface area contributed by atoms with Gasteiger partial charge in [0.1, 0.15) is 16.6 Å². The van der Waals surface area contributed by atoms with E-state index in [0.29, 0.717) is 10.7 Å². The predicted molar refractivity (Wildman–Crippen MR) is 123 cm³/mol. The number of benzene rings is 2. The zero-order chi connectivity index (χ0) is 23.3. The number of nitrogens with zero attached hydrogens (tertiary/aromatic N) is 2. The Hall–Kier alpha value is -3.96. The molecule has 0 fully saturated rings. The molecule has 0 amide bonds. The molecule has 3 rings (SSSR count). The first-order chi connectivity index (χ1) is 15.4. The molecule has 1 heterocycles. The molecule has 0 bridgehead atoms. The van der Waals surface area contributed by atoms with Crippen molar-refractivity contribution in [3.05, 3.63) is 75.2 Å². The molecule has 32 heavy (non-hydrogen) atoms. The second kappa shape index (κ2) is 9.90. The van der Waals surface area contributed by atoms with Crippen molar-refractivity contribution in [2.24, 2.45) is 0 Å². The monoisotopic (exact) mass is 447 g/mol. The fourth-order valence-corrected chi connectivity index (χ4v) is 3.90. The Morgan fingerprint density at radius 1 is 1.09 bits per heavy atom. The van der Waals surface area contributed by atoms with Crippen LogP contribution in [-0.2, 0) is 9.47 Å². The normalized spacial score (nSPS) is 10.9. The number of esters is 2. The standard InChI is InChI=1S/C24H21N3O4S/c1-14-5-7-18(15(2)9-14)21-13-32-22(27-21)17(11-25)12-26-20-10-16(23(28)30-3)6-8-19(20)24(29)31-4/h5-10,12-13,26H,1-4H3/b17-12+. The summed E-state index contributed by atoms with van der Waals surface area (Å²) in [5, 5.41) is 15.0. The van der Waals surface area contributed by atoms with Crippen molar-refractivity contribution in [2.45, 2.75) is 13.8 Å². The number of methoxy groups -OCH3 is 2. The Morgan fingerprint density at radius 3 is 2.50 bits per heavy atom. The van der Waals surface area contributed by atoms with E-state index in [1.807, 2.05) is 31.4 Å². The van der Waals surface area contributed by atoms with E-state index < -0.39 is 11.9 Å². The Balaban J connectivity index is 1.94. The second-order valence-corrected chi connectivity index (χ2v) is 7.77. The van der Waals surface area contributed by atoms with Gasteiger partial charge >= 0.3 is 11.9 Å². The molecule has 2 aromatic carbocycles. The molecular weight excluding hydrogens is 426 g/mol. The topological polar surface area (TPSA) is 101 Å². The fourth-order valence-electron chi connectivity index (χ4n) is 3.11. The van der Waals surface area contributed by atoms with Gasteiger partial charge in [0.2, 0.25) is 0 Å². The lowest BCUT2D eigenvalue weighted by Gasteiger charge is -2.10. The molecule has 0 unspecified atom stereocenters. The number of hydrogen-bond acceptors (Lipinski definition) is 8. The molecule has 0 radical (unpaired) electrons. The Morgan fingerprint density at radius 2 is 1.84 bits per heavy atom. The van der Waals surface area contributed by atoms with E-state index in [1.54, 1.807) is 0 Å². The summed E-state index contributed by atoms with van der Waals surface area (Å²) < 4.78 is 9.54. The average molecular weight is 448 g/mol. The minimum Gasteiger partial charge on any atom is -0.465 e. The number of carbonyl (C=O) groups excluding carboxylic acids is 2. The third kappa shape index (κ3) is 4.85. The van der Waals surface area contributed by atoms with Crippen LogP contribution in [0.4, 0.5) is 5.69 Å². The van der Waals surface area contributed by atoms with E-state index in [4.69, 9.17) is 9.47 Å². The highest BCUT2D eigenvalue weighted by atomic mass is 32.1. The Bertz CT molecular complexity index is 1250. The number of hydrogen-bond donors (Lipinski definition) is 1. The molecule has 8 heteroatoms. The fraction of sp³-hybridized carbons (Fsp3) is 0.167. The largest absolute Gasteiger partial charge is 0.465 e. The van der Waals surface area contributed by atoms with Crippen molar-refractivity contribution >= 4 is 34.5 Å². The van der Waals surface area contributed by atoms with Crippen LogP contribution in [0, 0.1) is 25.2 Å². The highest BCUT2D eigenvalue weighted by molar-refractivity contribution is 7.11. The van der Waals surface area contributed by atoms with Crippen LogP contribution in [0.15, 0.2) is 48.0 Å². The van der Waals surface area contributed by atoms with Gasteiger partial charge in [0.15, 0.2) is 0 Å². The summed E-state index contributed by atoms with van der Waals surface area (Å²) in [5.74, 6) is -1.13. The van der Waals surface area contributed by atoms with Crippen LogP contribution in [0.1, 0.15) is 36.9 Å². The number of aryl methyl sites for hydroxylation is 2. The van der Waals surface area contributed by atoms with Gasteiger partial charge in [-0.3, -0.25) is 0 Å². The first-order valence-corrected chi connectivity index (χ1v) is 10.5. The van der Waals surface area contributed by atoms with Gasteiger partial charge in [-0.2, -0.15) is 5.26 Å². The van der Waals surface area contributed by atoms with Crippen LogP contribution >= 0.6 is 11.3 Å². The average Bonchev–Trinajstić information content (AvgIpc) is 3.28. The summed E-state index contributed by atoms with van der Waals surface area (Å²) in [6.45, 7) is 4.05. The maximum Gasteiger partial charge on any atom is 0.339 e. The maximum absolute atomic E-state index is 12.1. The first-order valence-electron chi connectivity index (χ1n) is 9.59. The summed E-state index contributed by atoms with van der Waals surface area (Å²) >= 11 is 1.34. The minimum absolute atomic E-state index is 0.212. The third-order valence-electron chi connectivity index (χ3n) is 4.73. The molecule has 0 aliphatic rings. The summed E-state index contributed by atoms with van der Waals surface area (Å²) in [5.41, 5.74) is 5.10. The lowest BCUT2D eigenvalue weighted by Crippen LogP contribution is -2.08. The van der Waals surface area contributed by atoms with E-state index in [1.165, 1.54) is 55.5 Å². The van der Waals surface area contributed by atoms with Gasteiger partial charge in [-0.15, -0.1) is 11.3 Å². The van der Waals surface area contributed by atoms with E-state index in [9.17, 15) is 14.9 Å². The number of anilines is 1. The zero-order valence-corrected chi connectivity index (χ0v) is 18.9. The van der Waals surface area contributed by atoms with Crippen LogP contribution in [0.5, 0.6) is 0 Å². The molecule has 7 nitrogen and oxygen atoms in total.